The summed E-state index contributed by atoms with van der Waals surface area (Å²) in [7, 11) is 0. The van der Waals surface area contributed by atoms with Crippen LogP contribution in [-0.4, -0.2) is 15.0 Å². The van der Waals surface area contributed by atoms with Gasteiger partial charge in [0, 0.05) is 32.7 Å². The summed E-state index contributed by atoms with van der Waals surface area (Å²) in [5, 5.41) is 4.22. The molecule has 5 heteroatoms. The summed E-state index contributed by atoms with van der Waals surface area (Å²) in [6.45, 7) is 0. The van der Waals surface area contributed by atoms with Crippen LogP contribution in [-0.2, 0) is 0 Å². The fourth-order valence-corrected chi connectivity index (χ4v) is 6.08. The number of benzene rings is 6. The molecule has 0 spiro atoms. The van der Waals surface area contributed by atoms with E-state index in [1.807, 2.05) is 84.9 Å². The Morgan fingerprint density at radius 3 is 1.73 bits per heavy atom. The maximum atomic E-state index is 6.40. The number of nitrogens with zero attached hydrogens (tertiary/aromatic N) is 3. The highest BCUT2D eigenvalue weighted by Crippen LogP contribution is 2.38. The predicted octanol–water partition coefficient (Wildman–Crippen LogP) is 10.3. The van der Waals surface area contributed by atoms with Crippen molar-refractivity contribution < 1.29 is 8.83 Å². The van der Waals surface area contributed by atoms with Crippen molar-refractivity contribution in [2.75, 3.05) is 0 Å². The lowest BCUT2D eigenvalue weighted by Crippen LogP contribution is -2.01. The zero-order chi connectivity index (χ0) is 29.0. The average molecular weight is 566 g/mol. The van der Waals surface area contributed by atoms with Crippen LogP contribution in [0.3, 0.4) is 0 Å². The minimum atomic E-state index is 0.544. The first-order valence-corrected chi connectivity index (χ1v) is 14.5. The Morgan fingerprint density at radius 2 is 0.909 bits per heavy atom. The maximum absolute atomic E-state index is 6.40. The first-order valence-electron chi connectivity index (χ1n) is 14.5. The number of aromatic nitrogens is 3. The van der Waals surface area contributed by atoms with Crippen LogP contribution in [0, 0.1) is 0 Å². The molecule has 0 saturated carbocycles. The van der Waals surface area contributed by atoms with E-state index < -0.39 is 0 Å². The average Bonchev–Trinajstić information content (AvgIpc) is 3.66. The molecule has 0 aliphatic heterocycles. The smallest absolute Gasteiger partial charge is 0.167 e. The van der Waals surface area contributed by atoms with Gasteiger partial charge in [0.1, 0.15) is 22.3 Å². The zero-order valence-electron chi connectivity index (χ0n) is 23.4. The highest BCUT2D eigenvalue weighted by Gasteiger charge is 2.19. The lowest BCUT2D eigenvalue weighted by atomic mass is 9.99. The summed E-state index contributed by atoms with van der Waals surface area (Å²) in [4.78, 5) is 15.2. The van der Waals surface area contributed by atoms with Gasteiger partial charge < -0.3 is 8.83 Å². The zero-order valence-corrected chi connectivity index (χ0v) is 23.4. The first-order chi connectivity index (χ1) is 21.8. The number of hydrogen-bond donors (Lipinski definition) is 0. The van der Waals surface area contributed by atoms with Crippen molar-refractivity contribution in [1.29, 1.82) is 0 Å². The molecule has 0 bridgehead atoms. The lowest BCUT2D eigenvalue weighted by Gasteiger charge is -2.12. The fourth-order valence-electron chi connectivity index (χ4n) is 6.08. The van der Waals surface area contributed by atoms with Gasteiger partial charge in [0.25, 0.3) is 0 Å². The van der Waals surface area contributed by atoms with Gasteiger partial charge in [-0.3, -0.25) is 0 Å². The van der Waals surface area contributed by atoms with Crippen molar-refractivity contribution in [1.82, 2.24) is 15.0 Å². The second-order valence-electron chi connectivity index (χ2n) is 10.8. The molecule has 44 heavy (non-hydrogen) atoms. The molecule has 9 rings (SSSR count). The molecule has 0 radical (unpaired) electrons. The molecule has 3 heterocycles. The van der Waals surface area contributed by atoms with E-state index in [9.17, 15) is 0 Å². The third-order valence-electron chi connectivity index (χ3n) is 8.17. The Bertz CT molecular complexity index is 2510. The summed E-state index contributed by atoms with van der Waals surface area (Å²) in [5.74, 6) is 1.69. The van der Waals surface area contributed by atoms with E-state index in [0.717, 1.165) is 71.7 Å². The molecule has 206 valence electrons. The summed E-state index contributed by atoms with van der Waals surface area (Å²) in [6, 6.07) is 47.0. The first kappa shape index (κ1) is 24.5. The number of hydrogen-bond acceptors (Lipinski definition) is 5. The predicted molar refractivity (Wildman–Crippen MR) is 176 cm³/mol. The molecular formula is C39H23N3O2. The molecular weight excluding hydrogens is 542 g/mol. The molecule has 0 saturated heterocycles. The van der Waals surface area contributed by atoms with E-state index in [4.69, 9.17) is 23.8 Å². The van der Waals surface area contributed by atoms with Crippen molar-refractivity contribution in [3.8, 4) is 45.3 Å². The Kier molecular flexibility index (Phi) is 5.43. The standard InChI is InChI=1S/C39H23N3O2/c1-2-11-24(12-3-1)26-13-4-5-16-31(26)38-40-37(25-21-22-29-27-14-6-8-19-33(27)43-35(29)23-25)41-39(42-38)32-18-10-17-30-28-15-7-9-20-34(28)44-36(30)32/h1-23H. The number of fused-ring (bicyclic) bond motifs is 6. The molecule has 0 aliphatic rings. The number of para-hydroxylation sites is 3. The van der Waals surface area contributed by atoms with Gasteiger partial charge in [-0.2, -0.15) is 0 Å². The quantitative estimate of drug-likeness (QED) is 0.212. The van der Waals surface area contributed by atoms with Gasteiger partial charge in [0.05, 0.1) is 5.56 Å². The minimum Gasteiger partial charge on any atom is -0.456 e. The third-order valence-corrected chi connectivity index (χ3v) is 8.17. The van der Waals surface area contributed by atoms with Crippen LogP contribution in [0.1, 0.15) is 0 Å². The van der Waals surface area contributed by atoms with Gasteiger partial charge in [-0.15, -0.1) is 0 Å². The van der Waals surface area contributed by atoms with Crippen LogP contribution in [0.2, 0.25) is 0 Å². The maximum Gasteiger partial charge on any atom is 0.167 e. The van der Waals surface area contributed by atoms with E-state index in [-0.39, 0.29) is 0 Å². The van der Waals surface area contributed by atoms with Gasteiger partial charge in [-0.25, -0.2) is 15.0 Å². The van der Waals surface area contributed by atoms with Crippen LogP contribution >= 0.6 is 0 Å². The van der Waals surface area contributed by atoms with E-state index in [2.05, 4.69) is 54.6 Å². The van der Waals surface area contributed by atoms with E-state index >= 15 is 0 Å². The SMILES string of the molecule is c1ccc(-c2ccccc2-c2nc(-c3ccc4c(c3)oc3ccccc34)nc(-c3cccc4c3oc3ccccc34)n2)cc1. The highest BCUT2D eigenvalue weighted by atomic mass is 16.3. The van der Waals surface area contributed by atoms with Crippen LogP contribution in [0.5, 0.6) is 0 Å². The Labute approximate surface area is 252 Å². The monoisotopic (exact) mass is 565 g/mol. The summed E-state index contributed by atoms with van der Waals surface area (Å²) < 4.78 is 12.6. The fraction of sp³-hybridized carbons (Fsp3) is 0. The van der Waals surface area contributed by atoms with Crippen LogP contribution in [0.4, 0.5) is 0 Å². The number of rotatable bonds is 4. The summed E-state index contributed by atoms with van der Waals surface area (Å²) in [6.07, 6.45) is 0. The van der Waals surface area contributed by atoms with Crippen LogP contribution in [0.15, 0.2) is 148 Å². The van der Waals surface area contributed by atoms with Crippen molar-refractivity contribution >= 4 is 43.9 Å². The van der Waals surface area contributed by atoms with Gasteiger partial charge >= 0.3 is 0 Å². The van der Waals surface area contributed by atoms with Crippen LogP contribution < -0.4 is 0 Å². The summed E-state index contributed by atoms with van der Waals surface area (Å²) >= 11 is 0. The molecule has 6 aromatic carbocycles. The normalized spacial score (nSPS) is 11.6. The number of furan rings is 2. The largest absolute Gasteiger partial charge is 0.456 e. The van der Waals surface area contributed by atoms with Crippen LogP contribution in [0.25, 0.3) is 89.2 Å². The lowest BCUT2D eigenvalue weighted by molar-refractivity contribution is 0.668. The topological polar surface area (TPSA) is 65.0 Å². The Hall–Kier alpha value is -6.07. The van der Waals surface area contributed by atoms with Crippen molar-refractivity contribution in [2.45, 2.75) is 0 Å². The van der Waals surface area contributed by atoms with Gasteiger partial charge in [0.15, 0.2) is 17.5 Å². The van der Waals surface area contributed by atoms with E-state index in [1.54, 1.807) is 0 Å². The third kappa shape index (κ3) is 3.91. The molecule has 0 fully saturated rings. The molecule has 0 N–H and O–H groups in total. The van der Waals surface area contributed by atoms with Crippen molar-refractivity contribution in [2.24, 2.45) is 0 Å². The van der Waals surface area contributed by atoms with Gasteiger partial charge in [0.2, 0.25) is 0 Å². The van der Waals surface area contributed by atoms with Gasteiger partial charge in [-0.1, -0.05) is 109 Å². The van der Waals surface area contributed by atoms with E-state index in [1.165, 1.54) is 0 Å². The molecule has 0 aliphatic carbocycles. The molecule has 0 unspecified atom stereocenters. The summed E-state index contributed by atoms with van der Waals surface area (Å²) in [5.41, 5.74) is 7.93. The minimum absolute atomic E-state index is 0.544. The second kappa shape index (κ2) is 9.75. The molecule has 5 nitrogen and oxygen atoms in total. The Morgan fingerprint density at radius 1 is 0.341 bits per heavy atom. The highest BCUT2D eigenvalue weighted by molar-refractivity contribution is 6.09. The van der Waals surface area contributed by atoms with Crippen molar-refractivity contribution in [3.05, 3.63) is 140 Å². The van der Waals surface area contributed by atoms with Crippen molar-refractivity contribution in [3.63, 3.8) is 0 Å². The molecule has 3 aromatic heterocycles. The molecule has 0 atom stereocenters. The molecule has 9 aromatic rings. The second-order valence-corrected chi connectivity index (χ2v) is 10.8. The van der Waals surface area contributed by atoms with Gasteiger partial charge in [-0.05, 0) is 41.5 Å². The Balaban J connectivity index is 1.31. The van der Waals surface area contributed by atoms with E-state index in [0.29, 0.717) is 17.5 Å². The molecule has 0 amide bonds.